The average Bonchev–Trinajstić information content (AvgIpc) is 3.69. The van der Waals surface area contributed by atoms with Crippen LogP contribution in [0.5, 0.6) is 11.5 Å². The molecule has 5 unspecified atom stereocenters. The van der Waals surface area contributed by atoms with Crippen molar-refractivity contribution < 1.29 is 28.7 Å². The minimum atomic E-state index is -1.14. The normalized spacial score (nSPS) is 20.4. The third-order valence-corrected chi connectivity index (χ3v) is 13.2. The Balaban J connectivity index is 1.35. The zero-order valence-corrected chi connectivity index (χ0v) is 42.1. The number of hydrogen-bond acceptors (Lipinski definition) is 8. The summed E-state index contributed by atoms with van der Waals surface area (Å²) in [6.45, 7) is 5.80. The van der Waals surface area contributed by atoms with Gasteiger partial charge < -0.3 is 39.5 Å². The summed E-state index contributed by atoms with van der Waals surface area (Å²) in [4.78, 5) is 83.2. The van der Waals surface area contributed by atoms with Crippen LogP contribution < -0.4 is 15.4 Å². The molecule has 4 aromatic carbocycles. The molecule has 1 aliphatic rings. The van der Waals surface area contributed by atoms with Gasteiger partial charge in [-0.05, 0) is 100 Å². The van der Waals surface area contributed by atoms with Gasteiger partial charge in [-0.15, -0.1) is 0 Å². The SMILES string of the molecule is C[B]C1NC(=O)C(C)N(Cc2ccc(Cl)cc2Oc2ccc(-c3cnc(CN(C)C)n3C)cc2)C(=O)CC(Cc2ccccc2)C(=O)N(C)C(C)CNC(=O)CC(Cc2ccc(Cl)cc2)N(C)C1=O. The van der Waals surface area contributed by atoms with Gasteiger partial charge in [0.05, 0.1) is 36.8 Å². The van der Waals surface area contributed by atoms with E-state index in [1.165, 1.54) is 9.80 Å². The number of amides is 5. The minimum absolute atomic E-state index is 0.0487. The van der Waals surface area contributed by atoms with Crippen molar-refractivity contribution in [1.29, 1.82) is 0 Å². The van der Waals surface area contributed by atoms with Gasteiger partial charge >= 0.3 is 0 Å². The number of carbonyl (C=O) groups is 5. The summed E-state index contributed by atoms with van der Waals surface area (Å²) in [5.74, 6) is -2.28. The summed E-state index contributed by atoms with van der Waals surface area (Å²) in [5.41, 5.74) is 4.14. The number of likely N-dealkylation sites (N-methyl/N-ethyl adjacent to an activating group) is 2. The van der Waals surface area contributed by atoms with E-state index in [2.05, 4.69) is 25.1 Å². The standard InChI is InChI=1S/C52H62BCl2N8O6/c1-33-29-57-47(64)28-42(25-36-14-19-40(54)20-15-36)61(7)52(68)49(53-3)58-50(66)34(2)63(48(65)26-39(51(67)60(33)6)24-35-12-10-9-11-13-35)31-38-16-21-41(55)27-45(38)69-43-22-17-37(18-23-43)44-30-56-46(62(44)8)32-59(4)5/h9-23,27,30,33-34,39,42,49H,24-26,28-29,31-32H2,1-8H3,(H,57,64)(H,58,66). The maximum atomic E-state index is 15.0. The number of imidazole rings is 1. The van der Waals surface area contributed by atoms with Gasteiger partial charge in [-0.2, -0.15) is 0 Å². The van der Waals surface area contributed by atoms with E-state index in [1.54, 1.807) is 70.4 Å². The predicted molar refractivity (Wildman–Crippen MR) is 271 cm³/mol. The molecule has 69 heavy (non-hydrogen) atoms. The Kier molecular flexibility index (Phi) is 18.1. The summed E-state index contributed by atoms with van der Waals surface area (Å²) in [5, 5.41) is 6.79. The highest BCUT2D eigenvalue weighted by molar-refractivity contribution is 6.43. The van der Waals surface area contributed by atoms with Gasteiger partial charge in [0.2, 0.25) is 29.5 Å². The Hall–Kier alpha value is -6.16. The highest BCUT2D eigenvalue weighted by atomic mass is 35.5. The van der Waals surface area contributed by atoms with E-state index in [-0.39, 0.29) is 44.2 Å². The fourth-order valence-electron chi connectivity index (χ4n) is 8.35. The molecule has 1 fully saturated rings. The monoisotopic (exact) mass is 975 g/mol. The third kappa shape index (κ3) is 13.8. The van der Waals surface area contributed by atoms with Crippen molar-refractivity contribution in [2.24, 2.45) is 13.0 Å². The predicted octanol–water partition coefficient (Wildman–Crippen LogP) is 6.85. The number of ether oxygens (including phenoxy) is 1. The first-order chi connectivity index (χ1) is 32.9. The van der Waals surface area contributed by atoms with E-state index >= 15 is 0 Å². The molecule has 1 saturated heterocycles. The fraction of sp³-hybridized carbons (Fsp3) is 0.385. The van der Waals surface area contributed by atoms with E-state index in [0.717, 1.165) is 28.2 Å². The Morgan fingerprint density at radius 2 is 1.46 bits per heavy atom. The molecular weight excluding hydrogens is 914 g/mol. The van der Waals surface area contributed by atoms with E-state index in [0.29, 0.717) is 40.1 Å². The van der Waals surface area contributed by atoms with E-state index in [1.807, 2.05) is 101 Å². The average molecular weight is 977 g/mol. The molecule has 2 N–H and O–H groups in total. The van der Waals surface area contributed by atoms with Crippen molar-refractivity contribution in [3.05, 3.63) is 136 Å². The second kappa shape index (κ2) is 23.9. The van der Waals surface area contributed by atoms with Crippen LogP contribution in [0.15, 0.2) is 103 Å². The second-order valence-electron chi connectivity index (χ2n) is 18.1. The van der Waals surface area contributed by atoms with Crippen molar-refractivity contribution in [2.75, 3.05) is 34.7 Å². The van der Waals surface area contributed by atoms with Crippen LogP contribution >= 0.6 is 23.2 Å². The van der Waals surface area contributed by atoms with Crippen LogP contribution in [0.25, 0.3) is 11.3 Å². The van der Waals surface area contributed by atoms with Crippen molar-refractivity contribution in [3.63, 3.8) is 0 Å². The quantitative estimate of drug-likeness (QED) is 0.129. The summed E-state index contributed by atoms with van der Waals surface area (Å²) in [6, 6.07) is 27.1. The van der Waals surface area contributed by atoms with Gasteiger partial charge in [0, 0.05) is 73.8 Å². The van der Waals surface area contributed by atoms with Crippen molar-refractivity contribution >= 4 is 60.0 Å². The Bertz CT molecular complexity index is 2580. The molecule has 5 aromatic rings. The van der Waals surface area contributed by atoms with Crippen LogP contribution in [0, 0.1) is 5.92 Å². The molecule has 0 aliphatic carbocycles. The first-order valence-corrected chi connectivity index (χ1v) is 23.9. The summed E-state index contributed by atoms with van der Waals surface area (Å²) in [7, 11) is 10.8. The summed E-state index contributed by atoms with van der Waals surface area (Å²) in [6.07, 6.45) is 2.11. The minimum Gasteiger partial charge on any atom is -0.457 e. The van der Waals surface area contributed by atoms with Crippen LogP contribution in [-0.4, -0.2) is 125 Å². The van der Waals surface area contributed by atoms with Crippen LogP contribution in [0.4, 0.5) is 0 Å². The number of carbonyl (C=O) groups excluding carboxylic acids is 5. The van der Waals surface area contributed by atoms with E-state index < -0.39 is 47.7 Å². The van der Waals surface area contributed by atoms with Crippen molar-refractivity contribution in [3.8, 4) is 22.8 Å². The van der Waals surface area contributed by atoms with Crippen LogP contribution in [0.2, 0.25) is 16.9 Å². The molecule has 2 heterocycles. The van der Waals surface area contributed by atoms with Gasteiger partial charge in [-0.25, -0.2) is 4.98 Å². The lowest BCUT2D eigenvalue weighted by Crippen LogP contribution is -2.57. The smallest absolute Gasteiger partial charge is 0.242 e. The molecule has 1 aliphatic heterocycles. The van der Waals surface area contributed by atoms with Crippen molar-refractivity contribution in [2.45, 2.75) is 83.5 Å². The zero-order valence-electron chi connectivity index (χ0n) is 40.6. The van der Waals surface area contributed by atoms with Gasteiger partial charge in [-0.1, -0.05) is 78.6 Å². The third-order valence-electron chi connectivity index (χ3n) is 12.8. The summed E-state index contributed by atoms with van der Waals surface area (Å²) < 4.78 is 8.54. The van der Waals surface area contributed by atoms with E-state index in [4.69, 9.17) is 27.9 Å². The first kappa shape index (κ1) is 52.2. The van der Waals surface area contributed by atoms with Gasteiger partial charge in [-0.3, -0.25) is 24.0 Å². The Morgan fingerprint density at radius 1 is 0.797 bits per heavy atom. The highest BCUT2D eigenvalue weighted by Crippen LogP contribution is 2.32. The number of benzene rings is 4. The molecule has 363 valence electrons. The fourth-order valence-corrected chi connectivity index (χ4v) is 8.64. The highest BCUT2D eigenvalue weighted by Gasteiger charge is 2.36. The molecular formula is C52H62BCl2N8O6. The molecule has 0 saturated carbocycles. The topological polar surface area (TPSA) is 149 Å². The lowest BCUT2D eigenvalue weighted by Gasteiger charge is -2.35. The number of halogens is 2. The molecule has 0 bridgehead atoms. The lowest BCUT2D eigenvalue weighted by atomic mass is 9.71. The molecule has 5 atom stereocenters. The molecule has 5 amide bonds. The lowest BCUT2D eigenvalue weighted by molar-refractivity contribution is -0.146. The van der Waals surface area contributed by atoms with Gasteiger partial charge in [0.15, 0.2) is 0 Å². The number of aromatic nitrogens is 2. The molecule has 17 heteroatoms. The molecule has 1 radical (unpaired) electrons. The number of nitrogens with one attached hydrogen (secondary N) is 2. The largest absolute Gasteiger partial charge is 0.457 e. The Morgan fingerprint density at radius 3 is 2.13 bits per heavy atom. The van der Waals surface area contributed by atoms with Crippen LogP contribution in [0.3, 0.4) is 0 Å². The number of hydrogen-bond donors (Lipinski definition) is 2. The van der Waals surface area contributed by atoms with Crippen molar-refractivity contribution in [1.82, 2.24) is 39.8 Å². The maximum absolute atomic E-state index is 15.0. The number of nitrogens with zero attached hydrogens (tertiary/aromatic N) is 6. The van der Waals surface area contributed by atoms with Crippen LogP contribution in [0.1, 0.15) is 49.2 Å². The molecule has 14 nitrogen and oxygen atoms in total. The maximum Gasteiger partial charge on any atom is 0.242 e. The molecule has 0 spiro atoms. The zero-order chi connectivity index (χ0) is 49.9. The first-order valence-electron chi connectivity index (χ1n) is 23.1. The van der Waals surface area contributed by atoms with E-state index in [9.17, 15) is 24.0 Å². The second-order valence-corrected chi connectivity index (χ2v) is 19.0. The summed E-state index contributed by atoms with van der Waals surface area (Å²) >= 11 is 12.8. The Labute approximate surface area is 416 Å². The number of rotatable bonds is 12. The van der Waals surface area contributed by atoms with Gasteiger partial charge in [0.25, 0.3) is 0 Å². The van der Waals surface area contributed by atoms with Crippen LogP contribution in [-0.2, 0) is 57.0 Å². The molecule has 6 rings (SSSR count). The van der Waals surface area contributed by atoms with Gasteiger partial charge in [0.1, 0.15) is 30.6 Å². The molecule has 1 aromatic heterocycles.